The number of aliphatic hydroxyl groups excluding tert-OH is 1. The highest BCUT2D eigenvalue weighted by atomic mass is 35.5. The summed E-state index contributed by atoms with van der Waals surface area (Å²) in [5, 5.41) is 12.6. The number of hydrogen-bond donors (Lipinski definition) is 2. The normalized spacial score (nSPS) is 10.4. The van der Waals surface area contributed by atoms with Gasteiger partial charge in [-0.2, -0.15) is 4.98 Å². The van der Waals surface area contributed by atoms with E-state index in [0.29, 0.717) is 36.5 Å². The Hall–Kier alpha value is -1.11. The molecule has 102 valence electrons. The molecule has 0 aliphatic rings. The molecule has 0 fully saturated rings. The third-order valence-electron chi connectivity index (χ3n) is 2.30. The van der Waals surface area contributed by atoms with Crippen LogP contribution in [0.3, 0.4) is 0 Å². The van der Waals surface area contributed by atoms with Gasteiger partial charge >= 0.3 is 0 Å². The molecule has 2 N–H and O–H groups in total. The Morgan fingerprint density at radius 2 is 2.28 bits per heavy atom. The maximum Gasteiger partial charge on any atom is 0.224 e. The Bertz CT molecular complexity index is 365. The third-order valence-corrected chi connectivity index (χ3v) is 2.56. The van der Waals surface area contributed by atoms with Crippen LogP contribution in [0.1, 0.15) is 6.92 Å². The summed E-state index contributed by atoms with van der Waals surface area (Å²) in [5.74, 6) is 1.13. The fourth-order valence-electron chi connectivity index (χ4n) is 1.47. The van der Waals surface area contributed by atoms with Gasteiger partial charge in [0.25, 0.3) is 0 Å². The van der Waals surface area contributed by atoms with Crippen LogP contribution in [0.15, 0.2) is 6.20 Å². The molecule has 0 saturated heterocycles. The summed E-state index contributed by atoms with van der Waals surface area (Å²) in [6.45, 7) is 4.33. The van der Waals surface area contributed by atoms with Crippen molar-refractivity contribution in [3.05, 3.63) is 11.2 Å². The van der Waals surface area contributed by atoms with E-state index in [4.69, 9.17) is 21.4 Å². The highest BCUT2D eigenvalue weighted by Crippen LogP contribution is 2.23. The predicted octanol–water partition coefficient (Wildman–Crippen LogP) is 1.01. The first-order valence-corrected chi connectivity index (χ1v) is 6.21. The van der Waals surface area contributed by atoms with Gasteiger partial charge in [0.1, 0.15) is 5.02 Å². The number of nitrogens with one attached hydrogen (secondary N) is 1. The number of aliphatic hydroxyl groups is 1. The van der Waals surface area contributed by atoms with E-state index >= 15 is 0 Å². The van der Waals surface area contributed by atoms with Crippen molar-refractivity contribution in [2.75, 3.05) is 50.2 Å². The lowest BCUT2D eigenvalue weighted by atomic mass is 10.4. The minimum absolute atomic E-state index is 0.0284. The maximum atomic E-state index is 9.08. The SMILES string of the molecule is CCNc1ncc(Cl)c(N(CCO)CCOC)n1. The summed E-state index contributed by atoms with van der Waals surface area (Å²) < 4.78 is 5.03. The number of hydrogen-bond acceptors (Lipinski definition) is 6. The molecule has 0 bridgehead atoms. The molecule has 18 heavy (non-hydrogen) atoms. The van der Waals surface area contributed by atoms with Crippen LogP contribution in [-0.4, -0.2) is 55.0 Å². The molecule has 0 saturated carbocycles. The number of halogens is 1. The van der Waals surface area contributed by atoms with Gasteiger partial charge in [-0.05, 0) is 6.92 Å². The zero-order valence-electron chi connectivity index (χ0n) is 10.7. The monoisotopic (exact) mass is 274 g/mol. The van der Waals surface area contributed by atoms with Crippen LogP contribution in [0.5, 0.6) is 0 Å². The van der Waals surface area contributed by atoms with Gasteiger partial charge in [0.15, 0.2) is 5.82 Å². The highest BCUT2D eigenvalue weighted by Gasteiger charge is 2.13. The van der Waals surface area contributed by atoms with Crippen LogP contribution in [-0.2, 0) is 4.74 Å². The van der Waals surface area contributed by atoms with E-state index in [1.807, 2.05) is 11.8 Å². The first-order valence-electron chi connectivity index (χ1n) is 5.84. The molecule has 0 aliphatic heterocycles. The van der Waals surface area contributed by atoms with Crippen LogP contribution < -0.4 is 10.2 Å². The third kappa shape index (κ3) is 4.29. The first kappa shape index (κ1) is 14.9. The Morgan fingerprint density at radius 1 is 1.50 bits per heavy atom. The van der Waals surface area contributed by atoms with Crippen LogP contribution >= 0.6 is 11.6 Å². The van der Waals surface area contributed by atoms with Crippen LogP contribution in [0.2, 0.25) is 5.02 Å². The van der Waals surface area contributed by atoms with E-state index in [2.05, 4.69) is 15.3 Å². The number of aromatic nitrogens is 2. The number of methoxy groups -OCH3 is 1. The zero-order valence-corrected chi connectivity index (χ0v) is 11.4. The van der Waals surface area contributed by atoms with E-state index < -0.39 is 0 Å². The van der Waals surface area contributed by atoms with Gasteiger partial charge in [0, 0.05) is 26.7 Å². The van der Waals surface area contributed by atoms with Crippen molar-refractivity contribution in [3.8, 4) is 0 Å². The molecule has 0 aromatic carbocycles. The summed E-state index contributed by atoms with van der Waals surface area (Å²) >= 11 is 6.09. The van der Waals surface area contributed by atoms with Crippen molar-refractivity contribution in [1.29, 1.82) is 0 Å². The number of anilines is 2. The first-order chi connectivity index (χ1) is 8.72. The standard InChI is InChI=1S/C11H19ClN4O2/c1-3-13-11-14-8-9(12)10(15-11)16(4-6-17)5-7-18-2/h8,17H,3-7H2,1-2H3,(H,13,14,15). The van der Waals surface area contributed by atoms with Gasteiger partial charge in [-0.15, -0.1) is 0 Å². The van der Waals surface area contributed by atoms with E-state index in [0.717, 1.165) is 6.54 Å². The molecule has 1 aromatic rings. The molecule has 1 aromatic heterocycles. The molecular formula is C11H19ClN4O2. The molecule has 0 radical (unpaired) electrons. The molecule has 1 heterocycles. The summed E-state index contributed by atoms with van der Waals surface area (Å²) in [7, 11) is 1.63. The maximum absolute atomic E-state index is 9.08. The highest BCUT2D eigenvalue weighted by molar-refractivity contribution is 6.32. The van der Waals surface area contributed by atoms with Gasteiger partial charge < -0.3 is 20.1 Å². The Labute approximate surface area is 112 Å². The lowest BCUT2D eigenvalue weighted by Crippen LogP contribution is -2.31. The summed E-state index contributed by atoms with van der Waals surface area (Å²) in [6.07, 6.45) is 1.55. The van der Waals surface area contributed by atoms with Crippen molar-refractivity contribution in [2.24, 2.45) is 0 Å². The second kappa shape index (κ2) is 8.07. The predicted molar refractivity (Wildman–Crippen MR) is 72.4 cm³/mol. The van der Waals surface area contributed by atoms with Gasteiger partial charge in [-0.25, -0.2) is 4.98 Å². The molecule has 6 nitrogen and oxygen atoms in total. The number of rotatable bonds is 8. The Kier molecular flexibility index (Phi) is 6.70. The number of nitrogens with zero attached hydrogens (tertiary/aromatic N) is 3. The fourth-order valence-corrected chi connectivity index (χ4v) is 1.68. The van der Waals surface area contributed by atoms with Crippen molar-refractivity contribution in [3.63, 3.8) is 0 Å². The molecule has 0 amide bonds. The van der Waals surface area contributed by atoms with Crippen LogP contribution in [0.4, 0.5) is 11.8 Å². The van der Waals surface area contributed by atoms with Crippen molar-refractivity contribution >= 4 is 23.4 Å². The largest absolute Gasteiger partial charge is 0.395 e. The van der Waals surface area contributed by atoms with Gasteiger partial charge in [0.2, 0.25) is 5.95 Å². The average molecular weight is 275 g/mol. The second-order valence-corrected chi connectivity index (χ2v) is 4.01. The molecule has 0 unspecified atom stereocenters. The van der Waals surface area contributed by atoms with Crippen molar-refractivity contribution in [2.45, 2.75) is 6.92 Å². The molecule has 1 rings (SSSR count). The second-order valence-electron chi connectivity index (χ2n) is 3.60. The van der Waals surface area contributed by atoms with Crippen LogP contribution in [0.25, 0.3) is 0 Å². The van der Waals surface area contributed by atoms with E-state index in [1.165, 1.54) is 0 Å². The van der Waals surface area contributed by atoms with Gasteiger partial charge in [0.05, 0.1) is 19.4 Å². The zero-order chi connectivity index (χ0) is 13.4. The molecule has 7 heteroatoms. The smallest absolute Gasteiger partial charge is 0.224 e. The molecular weight excluding hydrogens is 256 g/mol. The van der Waals surface area contributed by atoms with Gasteiger partial charge in [-0.3, -0.25) is 0 Å². The van der Waals surface area contributed by atoms with E-state index in [9.17, 15) is 0 Å². The Balaban J connectivity index is 2.89. The van der Waals surface area contributed by atoms with Crippen LogP contribution in [0, 0.1) is 0 Å². The topological polar surface area (TPSA) is 70.5 Å². The van der Waals surface area contributed by atoms with Crippen molar-refractivity contribution < 1.29 is 9.84 Å². The molecule has 0 atom stereocenters. The average Bonchev–Trinajstić information content (AvgIpc) is 2.37. The number of ether oxygens (including phenoxy) is 1. The minimum Gasteiger partial charge on any atom is -0.395 e. The minimum atomic E-state index is 0.0284. The van der Waals surface area contributed by atoms with E-state index in [-0.39, 0.29) is 6.61 Å². The lowest BCUT2D eigenvalue weighted by molar-refractivity contribution is 0.202. The summed E-state index contributed by atoms with van der Waals surface area (Å²) in [6, 6.07) is 0. The quantitative estimate of drug-likeness (QED) is 0.737. The van der Waals surface area contributed by atoms with Crippen molar-refractivity contribution in [1.82, 2.24) is 9.97 Å². The summed E-state index contributed by atoms with van der Waals surface area (Å²) in [5.41, 5.74) is 0. The van der Waals surface area contributed by atoms with Gasteiger partial charge in [-0.1, -0.05) is 11.6 Å². The lowest BCUT2D eigenvalue weighted by Gasteiger charge is -2.23. The molecule has 0 aliphatic carbocycles. The molecule has 0 spiro atoms. The van der Waals surface area contributed by atoms with E-state index in [1.54, 1.807) is 13.3 Å². The Morgan fingerprint density at radius 3 is 2.89 bits per heavy atom. The fraction of sp³-hybridized carbons (Fsp3) is 0.636. The summed E-state index contributed by atoms with van der Waals surface area (Å²) in [4.78, 5) is 10.3.